The molecule has 2 aliphatic rings. The molecule has 140 valence electrons. The van der Waals surface area contributed by atoms with Crippen LogP contribution in [0.2, 0.25) is 0 Å². The van der Waals surface area contributed by atoms with Crippen LogP contribution in [0, 0.1) is 0 Å². The Hall–Kier alpha value is -2.19. The summed E-state index contributed by atoms with van der Waals surface area (Å²) in [6, 6.07) is 3.88. The minimum absolute atomic E-state index is 0.0653. The van der Waals surface area contributed by atoms with Crippen LogP contribution in [-0.4, -0.2) is 66.1 Å². The van der Waals surface area contributed by atoms with Crippen molar-refractivity contribution >= 4 is 28.3 Å². The Morgan fingerprint density at radius 2 is 1.85 bits per heavy atom. The molecule has 8 heteroatoms. The van der Waals surface area contributed by atoms with Crippen LogP contribution < -0.4 is 10.2 Å². The summed E-state index contributed by atoms with van der Waals surface area (Å²) in [6.45, 7) is 7.94. The molecule has 0 saturated carbocycles. The fraction of sp³-hybridized carbons (Fsp3) is 0.611. The SMILES string of the molecule is C[C@@H]1CN(CC(=O)Nc2ccc(N3CCCC3)c3nonc23)C[C@@H](C)O1. The van der Waals surface area contributed by atoms with E-state index in [0.29, 0.717) is 23.3 Å². The Morgan fingerprint density at radius 3 is 2.58 bits per heavy atom. The Bertz CT molecular complexity index is 776. The summed E-state index contributed by atoms with van der Waals surface area (Å²) in [7, 11) is 0. The van der Waals surface area contributed by atoms with E-state index < -0.39 is 0 Å². The van der Waals surface area contributed by atoms with E-state index in [1.165, 1.54) is 12.8 Å². The van der Waals surface area contributed by atoms with Crippen LogP contribution in [0.25, 0.3) is 11.0 Å². The number of fused-ring (bicyclic) bond motifs is 1. The Morgan fingerprint density at radius 1 is 1.15 bits per heavy atom. The number of aromatic nitrogens is 2. The second-order valence-electron chi connectivity index (χ2n) is 7.29. The van der Waals surface area contributed by atoms with Crippen LogP contribution in [0.3, 0.4) is 0 Å². The molecule has 4 rings (SSSR count). The van der Waals surface area contributed by atoms with Crippen LogP contribution in [0.5, 0.6) is 0 Å². The fourth-order valence-corrected chi connectivity index (χ4v) is 3.97. The molecule has 2 aromatic rings. The highest BCUT2D eigenvalue weighted by Crippen LogP contribution is 2.31. The van der Waals surface area contributed by atoms with E-state index in [-0.39, 0.29) is 18.1 Å². The van der Waals surface area contributed by atoms with E-state index in [0.717, 1.165) is 31.9 Å². The van der Waals surface area contributed by atoms with Gasteiger partial charge in [0.1, 0.15) is 0 Å². The van der Waals surface area contributed by atoms with Gasteiger partial charge in [-0.1, -0.05) is 0 Å². The Kier molecular flexibility index (Phi) is 4.78. The number of hydrogen-bond donors (Lipinski definition) is 1. The maximum absolute atomic E-state index is 12.5. The van der Waals surface area contributed by atoms with Gasteiger partial charge in [-0.3, -0.25) is 9.69 Å². The van der Waals surface area contributed by atoms with Gasteiger partial charge in [0.2, 0.25) is 5.91 Å². The number of nitrogens with zero attached hydrogens (tertiary/aromatic N) is 4. The molecule has 1 N–H and O–H groups in total. The van der Waals surface area contributed by atoms with Crippen LogP contribution >= 0.6 is 0 Å². The average molecular weight is 359 g/mol. The molecule has 0 unspecified atom stereocenters. The van der Waals surface area contributed by atoms with E-state index in [2.05, 4.69) is 25.4 Å². The third-order valence-corrected chi connectivity index (χ3v) is 4.98. The first-order valence-corrected chi connectivity index (χ1v) is 9.28. The number of rotatable bonds is 4. The number of hydrogen-bond acceptors (Lipinski definition) is 7. The van der Waals surface area contributed by atoms with Crippen molar-refractivity contribution in [3.8, 4) is 0 Å². The lowest BCUT2D eigenvalue weighted by Gasteiger charge is -2.34. The minimum atomic E-state index is -0.0653. The maximum Gasteiger partial charge on any atom is 0.238 e. The molecule has 2 saturated heterocycles. The molecule has 26 heavy (non-hydrogen) atoms. The summed E-state index contributed by atoms with van der Waals surface area (Å²) in [5.74, 6) is -0.0653. The highest BCUT2D eigenvalue weighted by molar-refractivity contribution is 6.03. The molecule has 8 nitrogen and oxygen atoms in total. The number of carbonyl (C=O) groups excluding carboxylic acids is 1. The average Bonchev–Trinajstić information content (AvgIpc) is 3.26. The van der Waals surface area contributed by atoms with Crippen LogP contribution in [0.1, 0.15) is 26.7 Å². The number of anilines is 2. The number of morpholine rings is 1. The van der Waals surface area contributed by atoms with Crippen molar-refractivity contribution in [1.82, 2.24) is 15.2 Å². The van der Waals surface area contributed by atoms with E-state index >= 15 is 0 Å². The zero-order chi connectivity index (χ0) is 18.1. The molecular formula is C18H25N5O3. The predicted molar refractivity (Wildman–Crippen MR) is 98.3 cm³/mol. The smallest absolute Gasteiger partial charge is 0.238 e. The second-order valence-corrected chi connectivity index (χ2v) is 7.29. The molecule has 0 radical (unpaired) electrons. The Balaban J connectivity index is 1.48. The molecule has 1 aromatic carbocycles. The Labute approximate surface area is 152 Å². The van der Waals surface area contributed by atoms with Gasteiger partial charge in [0.15, 0.2) is 11.0 Å². The molecule has 0 spiro atoms. The third kappa shape index (κ3) is 3.52. The van der Waals surface area contributed by atoms with Crippen molar-refractivity contribution in [2.75, 3.05) is 42.9 Å². The summed E-state index contributed by atoms with van der Waals surface area (Å²) in [5, 5.41) is 11.0. The summed E-state index contributed by atoms with van der Waals surface area (Å²) < 4.78 is 10.7. The van der Waals surface area contributed by atoms with Crippen molar-refractivity contribution in [3.63, 3.8) is 0 Å². The zero-order valence-corrected chi connectivity index (χ0v) is 15.3. The van der Waals surface area contributed by atoms with Crippen LogP contribution in [-0.2, 0) is 9.53 Å². The highest BCUT2D eigenvalue weighted by Gasteiger charge is 2.25. The second kappa shape index (κ2) is 7.20. The normalized spacial score (nSPS) is 24.3. The van der Waals surface area contributed by atoms with Gasteiger partial charge in [0.05, 0.1) is 30.1 Å². The molecule has 3 heterocycles. The quantitative estimate of drug-likeness (QED) is 0.892. The lowest BCUT2D eigenvalue weighted by Crippen LogP contribution is -2.48. The topological polar surface area (TPSA) is 83.7 Å². The van der Waals surface area contributed by atoms with Crippen molar-refractivity contribution in [1.29, 1.82) is 0 Å². The summed E-state index contributed by atoms with van der Waals surface area (Å²) >= 11 is 0. The fourth-order valence-electron chi connectivity index (χ4n) is 3.97. The van der Waals surface area contributed by atoms with Crippen molar-refractivity contribution in [2.45, 2.75) is 38.9 Å². The zero-order valence-electron chi connectivity index (χ0n) is 15.3. The monoisotopic (exact) mass is 359 g/mol. The van der Waals surface area contributed by atoms with Gasteiger partial charge in [0.25, 0.3) is 0 Å². The molecule has 1 amide bonds. The first-order chi connectivity index (χ1) is 12.6. The third-order valence-electron chi connectivity index (χ3n) is 4.98. The van der Waals surface area contributed by atoms with Gasteiger partial charge in [0, 0.05) is 26.2 Å². The molecule has 0 aliphatic carbocycles. The standard InChI is InChI=1S/C18H25N5O3/c1-12-9-22(10-13(2)25-12)11-16(24)19-14-5-6-15(23-7-3-4-8-23)18-17(14)20-26-21-18/h5-6,12-13H,3-4,7-11H2,1-2H3,(H,19,24)/t12-,13-/m1/s1. The van der Waals surface area contributed by atoms with Crippen molar-refractivity contribution in [2.24, 2.45) is 0 Å². The minimum Gasteiger partial charge on any atom is -0.373 e. The first kappa shape index (κ1) is 17.2. The van der Waals surface area contributed by atoms with Crippen molar-refractivity contribution < 1.29 is 14.2 Å². The van der Waals surface area contributed by atoms with E-state index in [1.54, 1.807) is 0 Å². The van der Waals surface area contributed by atoms with Gasteiger partial charge in [-0.2, -0.15) is 0 Å². The molecule has 2 atom stereocenters. The lowest BCUT2D eigenvalue weighted by atomic mass is 10.2. The number of nitrogens with one attached hydrogen (secondary N) is 1. The number of carbonyl (C=O) groups is 1. The van der Waals surface area contributed by atoms with Crippen molar-refractivity contribution in [3.05, 3.63) is 12.1 Å². The molecule has 2 aliphatic heterocycles. The summed E-state index contributed by atoms with van der Waals surface area (Å²) in [4.78, 5) is 16.9. The van der Waals surface area contributed by atoms with E-state index in [1.807, 2.05) is 26.0 Å². The number of benzene rings is 1. The number of ether oxygens (including phenoxy) is 1. The summed E-state index contributed by atoms with van der Waals surface area (Å²) in [6.07, 6.45) is 2.64. The maximum atomic E-state index is 12.5. The number of amides is 1. The van der Waals surface area contributed by atoms with Gasteiger partial charge >= 0.3 is 0 Å². The largest absolute Gasteiger partial charge is 0.373 e. The molecule has 2 fully saturated rings. The van der Waals surface area contributed by atoms with Gasteiger partial charge in [-0.05, 0) is 49.1 Å². The predicted octanol–water partition coefficient (Wildman–Crippen LogP) is 1.87. The lowest BCUT2D eigenvalue weighted by molar-refractivity contribution is -0.121. The van der Waals surface area contributed by atoms with Crippen LogP contribution in [0.4, 0.5) is 11.4 Å². The molecular weight excluding hydrogens is 334 g/mol. The van der Waals surface area contributed by atoms with Gasteiger partial charge in [-0.15, -0.1) is 0 Å². The molecule has 0 bridgehead atoms. The molecule has 1 aromatic heterocycles. The van der Waals surface area contributed by atoms with Gasteiger partial charge < -0.3 is 15.0 Å². The highest BCUT2D eigenvalue weighted by atomic mass is 16.6. The van der Waals surface area contributed by atoms with E-state index in [4.69, 9.17) is 9.37 Å². The van der Waals surface area contributed by atoms with Crippen LogP contribution in [0.15, 0.2) is 16.8 Å². The van der Waals surface area contributed by atoms with Gasteiger partial charge in [-0.25, -0.2) is 4.63 Å². The van der Waals surface area contributed by atoms with E-state index in [9.17, 15) is 4.79 Å². The summed E-state index contributed by atoms with van der Waals surface area (Å²) in [5.41, 5.74) is 2.97. The first-order valence-electron chi connectivity index (χ1n) is 9.28.